The third kappa shape index (κ3) is 6.59. The first-order valence-corrected chi connectivity index (χ1v) is 11.7. The van der Waals surface area contributed by atoms with E-state index in [-0.39, 0.29) is 24.3 Å². The molecule has 0 heterocycles. The van der Waals surface area contributed by atoms with Crippen molar-refractivity contribution in [2.24, 2.45) is 0 Å². The maximum absolute atomic E-state index is 13.4. The van der Waals surface area contributed by atoms with Gasteiger partial charge in [-0.15, -0.1) is 0 Å². The number of nitrogens with zero attached hydrogens (tertiary/aromatic N) is 1. The van der Waals surface area contributed by atoms with Crippen molar-refractivity contribution in [2.75, 3.05) is 7.11 Å². The summed E-state index contributed by atoms with van der Waals surface area (Å²) in [5, 5.41) is 3.19. The lowest BCUT2D eigenvalue weighted by molar-refractivity contribution is -0.140. The quantitative estimate of drug-likeness (QED) is 0.651. The van der Waals surface area contributed by atoms with Gasteiger partial charge in [-0.3, -0.25) is 9.59 Å². The number of carbonyl (C=O) groups is 2. The van der Waals surface area contributed by atoms with E-state index < -0.39 is 6.04 Å². The molecule has 1 fully saturated rings. The second-order valence-electron chi connectivity index (χ2n) is 9.06. The van der Waals surface area contributed by atoms with Crippen LogP contribution >= 0.6 is 0 Å². The standard InChI is InChI=1S/C27H36N2O3/c1-19-14-20(2)16-23(15-19)17-26(30)29(18-22-10-12-25(32-4)13-11-22)21(3)27(31)28-24-8-6-5-7-9-24/h10-16,21,24H,5-9,17-18H2,1-4H3,(H,28,31). The Hall–Kier alpha value is -2.82. The predicted octanol–water partition coefficient (Wildman–Crippen LogP) is 4.72. The Kier molecular flexibility index (Phi) is 8.32. The molecule has 1 unspecified atom stereocenters. The third-order valence-corrected chi connectivity index (χ3v) is 6.27. The van der Waals surface area contributed by atoms with Crippen LogP contribution in [0.1, 0.15) is 61.3 Å². The Bertz CT molecular complexity index is 897. The van der Waals surface area contributed by atoms with Crippen molar-refractivity contribution in [3.63, 3.8) is 0 Å². The Labute approximate surface area is 192 Å². The maximum atomic E-state index is 13.4. The lowest BCUT2D eigenvalue weighted by Crippen LogP contribution is -2.50. The van der Waals surface area contributed by atoms with Gasteiger partial charge in [0.05, 0.1) is 13.5 Å². The molecule has 5 heteroatoms. The van der Waals surface area contributed by atoms with Gasteiger partial charge in [-0.25, -0.2) is 0 Å². The number of hydrogen-bond donors (Lipinski definition) is 1. The first kappa shape index (κ1) is 23.8. The highest BCUT2D eigenvalue weighted by Gasteiger charge is 2.28. The Morgan fingerprint density at radius 2 is 1.62 bits per heavy atom. The lowest BCUT2D eigenvalue weighted by atomic mass is 9.95. The van der Waals surface area contributed by atoms with E-state index in [4.69, 9.17) is 4.74 Å². The van der Waals surface area contributed by atoms with Gasteiger partial charge in [0.15, 0.2) is 0 Å². The first-order valence-electron chi connectivity index (χ1n) is 11.7. The molecule has 5 nitrogen and oxygen atoms in total. The molecule has 1 saturated carbocycles. The smallest absolute Gasteiger partial charge is 0.242 e. The lowest BCUT2D eigenvalue weighted by Gasteiger charge is -2.31. The molecule has 0 bridgehead atoms. The molecule has 1 aliphatic carbocycles. The van der Waals surface area contributed by atoms with Gasteiger partial charge in [-0.05, 0) is 56.9 Å². The molecule has 3 rings (SSSR count). The average molecular weight is 437 g/mol. The summed E-state index contributed by atoms with van der Waals surface area (Å²) in [5.41, 5.74) is 4.22. The first-order chi connectivity index (χ1) is 15.4. The minimum Gasteiger partial charge on any atom is -0.497 e. The van der Waals surface area contributed by atoms with Crippen LogP contribution in [0, 0.1) is 13.8 Å². The molecule has 1 atom stereocenters. The van der Waals surface area contributed by atoms with Gasteiger partial charge in [0.25, 0.3) is 0 Å². The highest BCUT2D eigenvalue weighted by molar-refractivity contribution is 5.88. The summed E-state index contributed by atoms with van der Waals surface area (Å²) in [6.07, 6.45) is 5.86. The number of ether oxygens (including phenoxy) is 1. The number of rotatable bonds is 8. The van der Waals surface area contributed by atoms with Crippen molar-refractivity contribution in [2.45, 2.75) is 77.9 Å². The summed E-state index contributed by atoms with van der Waals surface area (Å²) in [6.45, 7) is 6.29. The molecule has 32 heavy (non-hydrogen) atoms. The summed E-state index contributed by atoms with van der Waals surface area (Å²) >= 11 is 0. The van der Waals surface area contributed by atoms with Crippen LogP contribution in [0.3, 0.4) is 0 Å². The van der Waals surface area contributed by atoms with Gasteiger partial charge >= 0.3 is 0 Å². The molecule has 2 aromatic carbocycles. The molecule has 0 aromatic heterocycles. The van der Waals surface area contributed by atoms with Crippen LogP contribution in [0.2, 0.25) is 0 Å². The van der Waals surface area contributed by atoms with Crippen molar-refractivity contribution in [1.82, 2.24) is 10.2 Å². The molecule has 1 aliphatic rings. The molecule has 0 radical (unpaired) electrons. The van der Waals surface area contributed by atoms with Crippen molar-refractivity contribution in [3.8, 4) is 5.75 Å². The predicted molar refractivity (Wildman–Crippen MR) is 128 cm³/mol. The van der Waals surface area contributed by atoms with Gasteiger partial charge in [-0.2, -0.15) is 0 Å². The van der Waals surface area contributed by atoms with Crippen LogP contribution in [0.4, 0.5) is 0 Å². The van der Waals surface area contributed by atoms with Gasteiger partial charge in [0.1, 0.15) is 11.8 Å². The van der Waals surface area contributed by atoms with E-state index in [0.717, 1.165) is 53.7 Å². The molecule has 172 valence electrons. The number of benzene rings is 2. The van der Waals surface area contributed by atoms with Crippen LogP contribution in [0.15, 0.2) is 42.5 Å². The van der Waals surface area contributed by atoms with Gasteiger partial charge < -0.3 is 15.0 Å². The topological polar surface area (TPSA) is 58.6 Å². The van der Waals surface area contributed by atoms with Gasteiger partial charge in [0.2, 0.25) is 11.8 Å². The summed E-state index contributed by atoms with van der Waals surface area (Å²) in [5.74, 6) is 0.654. The number of nitrogens with one attached hydrogen (secondary N) is 1. The maximum Gasteiger partial charge on any atom is 0.242 e. The Morgan fingerprint density at radius 1 is 1.00 bits per heavy atom. The normalized spacial score (nSPS) is 15.1. The van der Waals surface area contributed by atoms with Crippen LogP contribution in [-0.2, 0) is 22.6 Å². The van der Waals surface area contributed by atoms with Gasteiger partial charge in [-0.1, -0.05) is 60.7 Å². The molecule has 0 aliphatic heterocycles. The fourth-order valence-electron chi connectivity index (χ4n) is 4.53. The number of hydrogen-bond acceptors (Lipinski definition) is 3. The van der Waals surface area contributed by atoms with Crippen molar-refractivity contribution < 1.29 is 14.3 Å². The zero-order valence-corrected chi connectivity index (χ0v) is 19.8. The molecule has 2 aromatic rings. The molecular weight excluding hydrogens is 400 g/mol. The van der Waals surface area contributed by atoms with Crippen LogP contribution in [-0.4, -0.2) is 35.9 Å². The van der Waals surface area contributed by atoms with E-state index >= 15 is 0 Å². The monoisotopic (exact) mass is 436 g/mol. The molecule has 1 N–H and O–H groups in total. The van der Waals surface area contributed by atoms with Crippen LogP contribution < -0.4 is 10.1 Å². The summed E-state index contributed by atoms with van der Waals surface area (Å²) < 4.78 is 5.25. The number of carbonyl (C=O) groups excluding carboxylic acids is 2. The molecule has 0 saturated heterocycles. The van der Waals surface area contributed by atoms with E-state index in [1.165, 1.54) is 6.42 Å². The van der Waals surface area contributed by atoms with Crippen molar-refractivity contribution >= 4 is 11.8 Å². The third-order valence-electron chi connectivity index (χ3n) is 6.27. The van der Waals surface area contributed by atoms with Crippen molar-refractivity contribution in [3.05, 3.63) is 64.7 Å². The van der Waals surface area contributed by atoms with E-state index in [1.54, 1.807) is 12.0 Å². The molecule has 0 spiro atoms. The minimum atomic E-state index is -0.544. The SMILES string of the molecule is COc1ccc(CN(C(=O)Cc2cc(C)cc(C)c2)C(C)C(=O)NC2CCCCC2)cc1. The highest BCUT2D eigenvalue weighted by Crippen LogP contribution is 2.20. The van der Waals surface area contributed by atoms with Crippen LogP contribution in [0.5, 0.6) is 5.75 Å². The van der Waals surface area contributed by atoms with Crippen molar-refractivity contribution in [1.29, 1.82) is 0 Å². The number of amides is 2. The summed E-state index contributed by atoms with van der Waals surface area (Å²) in [4.78, 5) is 28.2. The molecule has 2 amide bonds. The zero-order valence-electron chi connectivity index (χ0n) is 19.8. The van der Waals surface area contributed by atoms with E-state index in [9.17, 15) is 9.59 Å². The molecular formula is C27H36N2O3. The Morgan fingerprint density at radius 3 is 2.22 bits per heavy atom. The highest BCUT2D eigenvalue weighted by atomic mass is 16.5. The minimum absolute atomic E-state index is 0.0443. The largest absolute Gasteiger partial charge is 0.497 e. The van der Waals surface area contributed by atoms with Gasteiger partial charge in [0, 0.05) is 12.6 Å². The summed E-state index contributed by atoms with van der Waals surface area (Å²) in [7, 11) is 1.63. The number of aryl methyl sites for hydroxylation is 2. The van der Waals surface area contributed by atoms with Crippen LogP contribution in [0.25, 0.3) is 0 Å². The van der Waals surface area contributed by atoms with E-state index in [2.05, 4.69) is 11.4 Å². The van der Waals surface area contributed by atoms with E-state index in [0.29, 0.717) is 6.54 Å². The number of methoxy groups -OCH3 is 1. The fourth-order valence-corrected chi connectivity index (χ4v) is 4.53. The zero-order chi connectivity index (χ0) is 23.1. The average Bonchev–Trinajstić information content (AvgIpc) is 2.77. The summed E-state index contributed by atoms with van der Waals surface area (Å²) in [6, 6.07) is 13.5. The second-order valence-corrected chi connectivity index (χ2v) is 9.06. The van der Waals surface area contributed by atoms with E-state index in [1.807, 2.05) is 57.2 Å². The fraction of sp³-hybridized carbons (Fsp3) is 0.481. The second kappa shape index (κ2) is 11.2. The Balaban J connectivity index is 1.78.